The number of nitrogens with one attached hydrogen (secondary N) is 1. The lowest BCUT2D eigenvalue weighted by Crippen LogP contribution is -2.22. The monoisotopic (exact) mass is 275 g/mol. The summed E-state index contributed by atoms with van der Waals surface area (Å²) in [6.45, 7) is 6.49. The number of hydrogen-bond donors (Lipinski definition) is 1. The van der Waals surface area contributed by atoms with E-state index in [2.05, 4.69) is 55.0 Å². The van der Waals surface area contributed by atoms with E-state index >= 15 is 0 Å². The fraction of sp³-hybridized carbons (Fsp3) is 0.375. The summed E-state index contributed by atoms with van der Waals surface area (Å²) < 4.78 is 5.46. The third-order valence-electron chi connectivity index (χ3n) is 3.39. The molecule has 102 valence electrons. The lowest BCUT2D eigenvalue weighted by atomic mass is 10.0. The van der Waals surface area contributed by atoms with Crippen molar-refractivity contribution < 1.29 is 4.74 Å². The van der Waals surface area contributed by atoms with E-state index in [-0.39, 0.29) is 6.04 Å². The van der Waals surface area contributed by atoms with Crippen LogP contribution in [0.5, 0.6) is 5.75 Å². The van der Waals surface area contributed by atoms with Gasteiger partial charge in [0.2, 0.25) is 0 Å². The first-order valence-corrected chi connectivity index (χ1v) is 7.48. The molecule has 0 radical (unpaired) electrons. The van der Waals surface area contributed by atoms with E-state index in [4.69, 9.17) is 4.74 Å². The summed E-state index contributed by atoms with van der Waals surface area (Å²) in [5, 5.41) is 7.94. The van der Waals surface area contributed by atoms with Crippen molar-refractivity contribution >= 4 is 11.3 Å². The Morgan fingerprint density at radius 2 is 1.95 bits per heavy atom. The smallest absolute Gasteiger partial charge is 0.123 e. The highest BCUT2D eigenvalue weighted by atomic mass is 32.1. The van der Waals surface area contributed by atoms with Crippen molar-refractivity contribution in [3.05, 3.63) is 51.7 Å². The molecule has 1 N–H and O–H groups in total. The van der Waals surface area contributed by atoms with Crippen LogP contribution in [0.2, 0.25) is 0 Å². The molecule has 2 rings (SSSR count). The average molecular weight is 275 g/mol. The van der Waals surface area contributed by atoms with Crippen molar-refractivity contribution in [2.45, 2.75) is 32.9 Å². The van der Waals surface area contributed by atoms with Crippen LogP contribution in [-0.4, -0.2) is 7.11 Å². The molecule has 3 heteroatoms. The normalized spacial score (nSPS) is 14.1. The average Bonchev–Trinajstić information content (AvgIpc) is 2.92. The van der Waals surface area contributed by atoms with Gasteiger partial charge in [0.25, 0.3) is 0 Å². The minimum absolute atomic E-state index is 0.254. The maximum atomic E-state index is 5.46. The van der Waals surface area contributed by atoms with Gasteiger partial charge in [0.15, 0.2) is 0 Å². The summed E-state index contributed by atoms with van der Waals surface area (Å²) in [4.78, 5) is 0. The van der Waals surface area contributed by atoms with Gasteiger partial charge in [-0.2, -0.15) is 11.3 Å². The molecular formula is C16H21NOS. The summed E-state index contributed by atoms with van der Waals surface area (Å²) >= 11 is 1.74. The third-order valence-corrected chi connectivity index (χ3v) is 4.10. The molecule has 0 aliphatic rings. The first-order valence-electron chi connectivity index (χ1n) is 6.54. The van der Waals surface area contributed by atoms with Gasteiger partial charge in [-0.25, -0.2) is 0 Å². The van der Waals surface area contributed by atoms with Crippen LogP contribution in [0.15, 0.2) is 35.0 Å². The predicted octanol–water partition coefficient (Wildman–Crippen LogP) is 4.48. The Labute approximate surface area is 119 Å². The van der Waals surface area contributed by atoms with E-state index in [1.165, 1.54) is 16.7 Å². The van der Waals surface area contributed by atoms with Gasteiger partial charge in [-0.05, 0) is 49.2 Å². The largest absolute Gasteiger partial charge is 0.496 e. The molecule has 0 saturated carbocycles. The first-order chi connectivity index (χ1) is 9.11. The van der Waals surface area contributed by atoms with Gasteiger partial charge in [-0.3, -0.25) is 0 Å². The van der Waals surface area contributed by atoms with Gasteiger partial charge in [-0.15, -0.1) is 0 Å². The van der Waals surface area contributed by atoms with Gasteiger partial charge >= 0.3 is 0 Å². The molecule has 0 saturated heterocycles. The van der Waals surface area contributed by atoms with Crippen molar-refractivity contribution in [3.8, 4) is 5.75 Å². The zero-order chi connectivity index (χ0) is 13.8. The predicted molar refractivity (Wildman–Crippen MR) is 82.0 cm³/mol. The number of rotatable bonds is 5. The van der Waals surface area contributed by atoms with Crippen LogP contribution in [0.1, 0.15) is 42.6 Å². The maximum absolute atomic E-state index is 5.46. The first kappa shape index (κ1) is 14.1. The Morgan fingerprint density at radius 1 is 1.16 bits per heavy atom. The molecule has 1 aromatic heterocycles. The second-order valence-electron chi connectivity index (χ2n) is 4.91. The van der Waals surface area contributed by atoms with E-state index in [0.717, 1.165) is 5.75 Å². The van der Waals surface area contributed by atoms with Crippen LogP contribution in [0.25, 0.3) is 0 Å². The summed E-state index contributed by atoms with van der Waals surface area (Å²) in [5.74, 6) is 0.947. The molecule has 0 fully saturated rings. The standard InChI is InChI=1S/C16H21NOS/c1-11-5-6-16(18-4)15(9-11)13(3)17-12(2)14-7-8-19-10-14/h5-10,12-13,17H,1-4H3. The van der Waals surface area contributed by atoms with Gasteiger partial charge in [0.05, 0.1) is 7.11 Å². The maximum Gasteiger partial charge on any atom is 0.123 e. The zero-order valence-electron chi connectivity index (χ0n) is 11.9. The molecule has 1 heterocycles. The molecule has 2 nitrogen and oxygen atoms in total. The Bertz CT molecular complexity index is 522. The minimum Gasteiger partial charge on any atom is -0.496 e. The molecule has 2 unspecified atom stereocenters. The second kappa shape index (κ2) is 6.22. The molecule has 1 aromatic carbocycles. The number of methoxy groups -OCH3 is 1. The van der Waals surface area contributed by atoms with Crippen LogP contribution in [0.3, 0.4) is 0 Å². The fourth-order valence-electron chi connectivity index (χ4n) is 2.27. The number of aryl methyl sites for hydroxylation is 1. The Balaban J connectivity index is 2.15. The summed E-state index contributed by atoms with van der Waals surface area (Å²) in [6, 6.07) is 9.07. The number of benzene rings is 1. The third kappa shape index (κ3) is 3.37. The lowest BCUT2D eigenvalue weighted by molar-refractivity contribution is 0.396. The second-order valence-corrected chi connectivity index (χ2v) is 5.69. The van der Waals surface area contributed by atoms with Gasteiger partial charge in [-0.1, -0.05) is 17.7 Å². The van der Waals surface area contributed by atoms with Crippen LogP contribution in [-0.2, 0) is 0 Å². The number of thiophene rings is 1. The molecule has 0 amide bonds. The molecule has 0 bridgehead atoms. The Hall–Kier alpha value is -1.32. The van der Waals surface area contributed by atoms with Crippen LogP contribution in [0, 0.1) is 6.92 Å². The van der Waals surface area contributed by atoms with Crippen LogP contribution in [0.4, 0.5) is 0 Å². The topological polar surface area (TPSA) is 21.3 Å². The molecule has 19 heavy (non-hydrogen) atoms. The van der Waals surface area contributed by atoms with E-state index in [1.807, 2.05) is 6.07 Å². The van der Waals surface area contributed by atoms with Gasteiger partial charge in [0.1, 0.15) is 5.75 Å². The van der Waals surface area contributed by atoms with E-state index in [1.54, 1.807) is 18.4 Å². The van der Waals surface area contributed by atoms with Crippen molar-refractivity contribution in [1.29, 1.82) is 0 Å². The molecule has 0 aliphatic heterocycles. The van der Waals surface area contributed by atoms with Crippen molar-refractivity contribution in [2.24, 2.45) is 0 Å². The molecule has 0 aliphatic carbocycles. The van der Waals surface area contributed by atoms with Gasteiger partial charge < -0.3 is 10.1 Å². The molecule has 2 aromatic rings. The molecule has 0 spiro atoms. The summed E-state index contributed by atoms with van der Waals surface area (Å²) in [6.07, 6.45) is 0. The van der Waals surface area contributed by atoms with Crippen LogP contribution < -0.4 is 10.1 Å². The zero-order valence-corrected chi connectivity index (χ0v) is 12.8. The Morgan fingerprint density at radius 3 is 2.58 bits per heavy atom. The number of ether oxygens (including phenoxy) is 1. The van der Waals surface area contributed by atoms with Gasteiger partial charge in [0, 0.05) is 17.6 Å². The minimum atomic E-state index is 0.254. The van der Waals surface area contributed by atoms with Crippen molar-refractivity contribution in [3.63, 3.8) is 0 Å². The quantitative estimate of drug-likeness (QED) is 0.869. The van der Waals surface area contributed by atoms with Crippen LogP contribution >= 0.6 is 11.3 Å². The Kier molecular flexibility index (Phi) is 4.61. The van der Waals surface area contributed by atoms with E-state index in [9.17, 15) is 0 Å². The van der Waals surface area contributed by atoms with E-state index in [0.29, 0.717) is 6.04 Å². The summed E-state index contributed by atoms with van der Waals surface area (Å²) in [7, 11) is 1.73. The highest BCUT2D eigenvalue weighted by Gasteiger charge is 2.15. The SMILES string of the molecule is COc1ccc(C)cc1C(C)NC(C)c1ccsc1. The van der Waals surface area contributed by atoms with E-state index < -0.39 is 0 Å². The molecular weight excluding hydrogens is 254 g/mol. The molecule has 2 atom stereocenters. The van der Waals surface area contributed by atoms with Crippen molar-refractivity contribution in [2.75, 3.05) is 7.11 Å². The highest BCUT2D eigenvalue weighted by molar-refractivity contribution is 7.07. The fourth-order valence-corrected chi connectivity index (χ4v) is 3.03. The van der Waals surface area contributed by atoms with Crippen molar-refractivity contribution in [1.82, 2.24) is 5.32 Å². The summed E-state index contributed by atoms with van der Waals surface area (Å²) in [5.41, 5.74) is 3.81. The lowest BCUT2D eigenvalue weighted by Gasteiger charge is -2.22. The number of hydrogen-bond acceptors (Lipinski definition) is 3. The highest BCUT2D eigenvalue weighted by Crippen LogP contribution is 2.28.